The minimum absolute atomic E-state index is 0.00163. The van der Waals surface area contributed by atoms with E-state index in [1.807, 2.05) is 0 Å². The number of carbonyl (C=O) groups is 1. The van der Waals surface area contributed by atoms with Crippen LogP contribution in [0.5, 0.6) is 5.75 Å². The summed E-state index contributed by atoms with van der Waals surface area (Å²) in [5, 5.41) is 14.2. The lowest BCUT2D eigenvalue weighted by Gasteiger charge is -2.10. The number of nitrogens with zero attached hydrogens (tertiary/aromatic N) is 1. The molecule has 6 nitrogen and oxygen atoms in total. The number of anilines is 1. The first-order valence-corrected chi connectivity index (χ1v) is 7.80. The largest absolute Gasteiger partial charge is 0.482 e. The van der Waals surface area contributed by atoms with E-state index >= 15 is 0 Å². The molecule has 0 aliphatic rings. The number of benzene rings is 2. The Kier molecular flexibility index (Phi) is 6.12. The van der Waals surface area contributed by atoms with Gasteiger partial charge in [-0.3, -0.25) is 14.9 Å². The second-order valence-corrected chi connectivity index (χ2v) is 6.11. The van der Waals surface area contributed by atoms with E-state index in [0.29, 0.717) is 0 Å². The fourth-order valence-corrected chi connectivity index (χ4v) is 2.46. The van der Waals surface area contributed by atoms with Crippen LogP contribution in [-0.2, 0) is 4.79 Å². The van der Waals surface area contributed by atoms with Crippen LogP contribution in [0.15, 0.2) is 30.3 Å². The normalized spacial score (nSPS) is 10.3. The Hall–Kier alpha value is -1.73. The monoisotopic (exact) mass is 408 g/mol. The van der Waals surface area contributed by atoms with E-state index < -0.39 is 17.4 Å². The smallest absolute Gasteiger partial charge is 0.294 e. The maximum absolute atomic E-state index is 11.9. The Morgan fingerprint density at radius 2 is 1.75 bits per heavy atom. The minimum Gasteiger partial charge on any atom is -0.482 e. The lowest BCUT2D eigenvalue weighted by Crippen LogP contribution is -2.20. The molecule has 126 valence electrons. The summed E-state index contributed by atoms with van der Waals surface area (Å²) in [6.07, 6.45) is 0. The summed E-state index contributed by atoms with van der Waals surface area (Å²) < 4.78 is 5.25. The number of halogens is 4. The van der Waals surface area contributed by atoms with E-state index in [1.165, 1.54) is 24.3 Å². The Labute approximate surface area is 156 Å². The van der Waals surface area contributed by atoms with Gasteiger partial charge in [0.05, 0.1) is 20.0 Å². The van der Waals surface area contributed by atoms with Crippen molar-refractivity contribution in [3.05, 3.63) is 60.5 Å². The molecule has 10 heteroatoms. The van der Waals surface area contributed by atoms with Gasteiger partial charge in [-0.1, -0.05) is 46.4 Å². The number of amides is 1. The Morgan fingerprint density at radius 1 is 1.08 bits per heavy atom. The number of ether oxygens (including phenoxy) is 1. The SMILES string of the molecule is O=C(COc1cc(Cl)c(Cl)cc1Cl)Nc1ccc(Cl)cc1[N+](=O)[O-]. The molecule has 2 aromatic carbocycles. The predicted molar refractivity (Wildman–Crippen MR) is 93.7 cm³/mol. The third-order valence-electron chi connectivity index (χ3n) is 2.76. The first-order chi connectivity index (χ1) is 11.3. The molecule has 2 aromatic rings. The van der Waals surface area contributed by atoms with Gasteiger partial charge in [-0.05, 0) is 18.2 Å². The highest BCUT2D eigenvalue weighted by atomic mass is 35.5. The second kappa shape index (κ2) is 7.90. The van der Waals surface area contributed by atoms with Gasteiger partial charge in [-0.2, -0.15) is 0 Å². The first-order valence-electron chi connectivity index (χ1n) is 6.29. The van der Waals surface area contributed by atoms with Crippen molar-refractivity contribution in [2.24, 2.45) is 0 Å². The zero-order valence-corrected chi connectivity index (χ0v) is 14.7. The molecule has 0 aliphatic heterocycles. The maximum Gasteiger partial charge on any atom is 0.294 e. The van der Waals surface area contributed by atoms with Gasteiger partial charge in [0, 0.05) is 17.2 Å². The summed E-state index contributed by atoms with van der Waals surface area (Å²) in [5.41, 5.74) is -0.332. The first kappa shape index (κ1) is 18.6. The van der Waals surface area contributed by atoms with Crippen molar-refractivity contribution in [1.82, 2.24) is 0 Å². The van der Waals surface area contributed by atoms with Crippen LogP contribution in [0.3, 0.4) is 0 Å². The van der Waals surface area contributed by atoms with Gasteiger partial charge in [0.15, 0.2) is 6.61 Å². The molecule has 0 atom stereocenters. The number of nitrogens with one attached hydrogen (secondary N) is 1. The van der Waals surface area contributed by atoms with Gasteiger partial charge >= 0.3 is 0 Å². The van der Waals surface area contributed by atoms with Gasteiger partial charge in [0.1, 0.15) is 11.4 Å². The van der Waals surface area contributed by atoms with Crippen molar-refractivity contribution < 1.29 is 14.5 Å². The average Bonchev–Trinajstić information content (AvgIpc) is 2.51. The van der Waals surface area contributed by atoms with Crippen LogP contribution < -0.4 is 10.1 Å². The highest BCUT2D eigenvalue weighted by molar-refractivity contribution is 6.43. The Balaban J connectivity index is 2.07. The zero-order chi connectivity index (χ0) is 17.9. The van der Waals surface area contributed by atoms with Crippen molar-refractivity contribution in [3.63, 3.8) is 0 Å². The quantitative estimate of drug-likeness (QED) is 0.416. The maximum atomic E-state index is 11.9. The van der Waals surface area contributed by atoms with Gasteiger partial charge in [-0.15, -0.1) is 0 Å². The molecule has 0 bridgehead atoms. The fraction of sp³-hybridized carbons (Fsp3) is 0.0714. The van der Waals surface area contributed by atoms with E-state index in [2.05, 4.69) is 5.32 Å². The van der Waals surface area contributed by atoms with Crippen LogP contribution in [-0.4, -0.2) is 17.4 Å². The van der Waals surface area contributed by atoms with Crippen molar-refractivity contribution >= 4 is 63.7 Å². The van der Waals surface area contributed by atoms with Crippen molar-refractivity contribution in [3.8, 4) is 5.75 Å². The topological polar surface area (TPSA) is 81.5 Å². The molecule has 24 heavy (non-hydrogen) atoms. The molecule has 1 amide bonds. The molecular weight excluding hydrogens is 402 g/mol. The third-order valence-corrected chi connectivity index (χ3v) is 4.02. The van der Waals surface area contributed by atoms with Crippen LogP contribution in [0.25, 0.3) is 0 Å². The van der Waals surface area contributed by atoms with Gasteiger partial charge < -0.3 is 10.1 Å². The van der Waals surface area contributed by atoms with Crippen LogP contribution in [0.4, 0.5) is 11.4 Å². The summed E-state index contributed by atoms with van der Waals surface area (Å²) in [4.78, 5) is 22.2. The molecule has 0 spiro atoms. The third kappa shape index (κ3) is 4.64. The molecule has 1 N–H and O–H groups in total. The molecule has 0 radical (unpaired) electrons. The van der Waals surface area contributed by atoms with Crippen LogP contribution in [0, 0.1) is 10.1 Å². The standard InChI is InChI=1S/C14H8Cl4N2O4/c15-7-1-2-11(12(3-7)20(22)23)19-14(21)6-24-13-5-9(17)8(16)4-10(13)18/h1-5H,6H2,(H,19,21). The number of hydrogen-bond donors (Lipinski definition) is 1. The van der Waals surface area contributed by atoms with E-state index in [1.54, 1.807) is 0 Å². The molecule has 0 saturated carbocycles. The Morgan fingerprint density at radius 3 is 2.42 bits per heavy atom. The molecule has 0 aromatic heterocycles. The molecular formula is C14H8Cl4N2O4. The highest BCUT2D eigenvalue weighted by Crippen LogP contribution is 2.34. The lowest BCUT2D eigenvalue weighted by molar-refractivity contribution is -0.383. The summed E-state index contributed by atoms with van der Waals surface area (Å²) in [7, 11) is 0. The molecule has 2 rings (SSSR count). The minimum atomic E-state index is -0.655. The fourth-order valence-electron chi connectivity index (χ4n) is 1.71. The number of carbonyl (C=O) groups excluding carboxylic acids is 1. The lowest BCUT2D eigenvalue weighted by atomic mass is 10.2. The predicted octanol–water partition coefficient (Wildman–Crippen LogP) is 5.23. The number of nitro groups is 1. The van der Waals surface area contributed by atoms with Crippen LogP contribution in [0.1, 0.15) is 0 Å². The number of hydrogen-bond acceptors (Lipinski definition) is 4. The Bertz CT molecular complexity index is 814. The van der Waals surface area contributed by atoms with E-state index in [0.717, 1.165) is 6.07 Å². The summed E-state index contributed by atoms with van der Waals surface area (Å²) >= 11 is 23.3. The summed E-state index contributed by atoms with van der Waals surface area (Å²) in [5.74, 6) is -0.464. The van der Waals surface area contributed by atoms with Crippen molar-refractivity contribution in [2.45, 2.75) is 0 Å². The molecule has 0 aliphatic carbocycles. The summed E-state index contributed by atoms with van der Waals surface area (Å²) in [6.45, 7) is -0.433. The summed E-state index contributed by atoms with van der Waals surface area (Å²) in [6, 6.07) is 6.62. The zero-order valence-electron chi connectivity index (χ0n) is 11.7. The van der Waals surface area contributed by atoms with Crippen molar-refractivity contribution in [1.29, 1.82) is 0 Å². The highest BCUT2D eigenvalue weighted by Gasteiger charge is 2.17. The second-order valence-electron chi connectivity index (χ2n) is 4.45. The van der Waals surface area contributed by atoms with E-state index in [4.69, 9.17) is 51.1 Å². The molecule has 0 saturated heterocycles. The van der Waals surface area contributed by atoms with Gasteiger partial charge in [-0.25, -0.2) is 0 Å². The van der Waals surface area contributed by atoms with E-state index in [-0.39, 0.29) is 37.2 Å². The molecule has 0 fully saturated rings. The number of rotatable bonds is 5. The van der Waals surface area contributed by atoms with E-state index in [9.17, 15) is 14.9 Å². The van der Waals surface area contributed by atoms with Crippen molar-refractivity contribution in [2.75, 3.05) is 11.9 Å². The molecule has 0 heterocycles. The average molecular weight is 410 g/mol. The van der Waals surface area contributed by atoms with Crippen LogP contribution in [0.2, 0.25) is 20.1 Å². The van der Waals surface area contributed by atoms with Crippen LogP contribution >= 0.6 is 46.4 Å². The molecule has 0 unspecified atom stereocenters. The number of nitro benzene ring substituents is 1. The van der Waals surface area contributed by atoms with Gasteiger partial charge in [0.2, 0.25) is 0 Å². The van der Waals surface area contributed by atoms with Gasteiger partial charge in [0.25, 0.3) is 11.6 Å².